The Hall–Kier alpha value is -2.58. The molecule has 2 amide bonds. The van der Waals surface area contributed by atoms with E-state index in [2.05, 4.69) is 10.1 Å². The highest BCUT2D eigenvalue weighted by Crippen LogP contribution is 2.13. The van der Waals surface area contributed by atoms with Gasteiger partial charge in [-0.25, -0.2) is 15.0 Å². The van der Waals surface area contributed by atoms with Gasteiger partial charge in [0.15, 0.2) is 0 Å². The predicted molar refractivity (Wildman–Crippen MR) is 77.4 cm³/mol. The first-order chi connectivity index (χ1) is 9.92. The topological polar surface area (TPSA) is 143 Å². The molecule has 5 N–H and O–H groups in total. The van der Waals surface area contributed by atoms with Crippen molar-refractivity contribution in [3.8, 4) is 5.88 Å². The molecule has 9 heteroatoms. The minimum absolute atomic E-state index is 0.123. The second kappa shape index (κ2) is 7.27. The Kier molecular flexibility index (Phi) is 5.70. The fourth-order valence-electron chi connectivity index (χ4n) is 1.78. The number of urea groups is 1. The Bertz CT molecular complexity index is 659. The highest BCUT2D eigenvalue weighted by Gasteiger charge is 2.18. The van der Waals surface area contributed by atoms with E-state index in [0.717, 1.165) is 11.0 Å². The molecule has 1 heterocycles. The van der Waals surface area contributed by atoms with Gasteiger partial charge in [0, 0.05) is 6.54 Å². The molecule has 116 valence electrons. The van der Waals surface area contributed by atoms with E-state index >= 15 is 0 Å². The summed E-state index contributed by atoms with van der Waals surface area (Å²) in [5.74, 6) is -0.468. The van der Waals surface area contributed by atoms with Crippen LogP contribution in [0.3, 0.4) is 0 Å². The van der Waals surface area contributed by atoms with Crippen molar-refractivity contribution in [2.45, 2.75) is 39.7 Å². The fourth-order valence-corrected chi connectivity index (χ4v) is 1.78. The molecule has 0 aliphatic heterocycles. The van der Waals surface area contributed by atoms with E-state index in [1.807, 2.05) is 12.3 Å². The zero-order valence-corrected chi connectivity index (χ0v) is 12.0. The molecular weight excluding hydrogens is 278 g/mol. The van der Waals surface area contributed by atoms with Crippen LogP contribution >= 0.6 is 0 Å². The van der Waals surface area contributed by atoms with E-state index in [9.17, 15) is 19.5 Å². The molecule has 9 nitrogen and oxygen atoms in total. The van der Waals surface area contributed by atoms with Crippen molar-refractivity contribution in [1.82, 2.24) is 15.0 Å². The van der Waals surface area contributed by atoms with Crippen LogP contribution in [0, 0.1) is 0 Å². The molecule has 0 saturated heterocycles. The minimum atomic E-state index is -0.892. The minimum Gasteiger partial charge on any atom is -0.494 e. The molecule has 0 radical (unpaired) electrons. The SMILES string of the molecule is CCCCn1c(O)c(/C(CC)=N/NC(N)=O)c(=O)[nH]c1=O. The van der Waals surface area contributed by atoms with Crippen molar-refractivity contribution in [1.29, 1.82) is 0 Å². The number of amides is 2. The second-order valence-electron chi connectivity index (χ2n) is 4.35. The number of H-pyrrole nitrogens is 1. The third-order valence-corrected chi connectivity index (χ3v) is 2.83. The summed E-state index contributed by atoms with van der Waals surface area (Å²) in [7, 11) is 0. The molecule has 0 spiro atoms. The Morgan fingerprint density at radius 3 is 2.62 bits per heavy atom. The van der Waals surface area contributed by atoms with E-state index in [1.165, 1.54) is 0 Å². The molecule has 0 atom stereocenters. The first-order valence-electron chi connectivity index (χ1n) is 6.60. The van der Waals surface area contributed by atoms with Gasteiger partial charge in [0.1, 0.15) is 5.56 Å². The van der Waals surface area contributed by atoms with Crippen molar-refractivity contribution >= 4 is 11.7 Å². The molecular formula is C12H19N5O4. The number of aromatic nitrogens is 2. The van der Waals surface area contributed by atoms with Crippen LogP contribution in [0.4, 0.5) is 4.79 Å². The number of nitrogens with zero attached hydrogens (tertiary/aromatic N) is 2. The van der Waals surface area contributed by atoms with Crippen LogP contribution in [0.5, 0.6) is 5.88 Å². The van der Waals surface area contributed by atoms with Crippen LogP contribution in [0.25, 0.3) is 0 Å². The number of nitrogens with two attached hydrogens (primary N) is 1. The lowest BCUT2D eigenvalue weighted by Crippen LogP contribution is -2.35. The lowest BCUT2D eigenvalue weighted by atomic mass is 10.1. The van der Waals surface area contributed by atoms with E-state index in [1.54, 1.807) is 6.92 Å². The Balaban J connectivity index is 3.40. The zero-order chi connectivity index (χ0) is 16.0. The summed E-state index contributed by atoms with van der Waals surface area (Å²) < 4.78 is 1.07. The quantitative estimate of drug-likeness (QED) is 0.427. The number of hydrogen-bond acceptors (Lipinski definition) is 5. The monoisotopic (exact) mass is 297 g/mol. The zero-order valence-electron chi connectivity index (χ0n) is 12.0. The molecule has 1 aromatic rings. The summed E-state index contributed by atoms with van der Waals surface area (Å²) in [5, 5.41) is 13.8. The van der Waals surface area contributed by atoms with E-state index in [4.69, 9.17) is 5.73 Å². The molecule has 1 rings (SSSR count). The molecule has 0 saturated carbocycles. The summed E-state index contributed by atoms with van der Waals surface area (Å²) >= 11 is 0. The largest absolute Gasteiger partial charge is 0.494 e. The summed E-state index contributed by atoms with van der Waals surface area (Å²) in [6, 6.07) is -0.892. The van der Waals surface area contributed by atoms with Crippen LogP contribution in [0.1, 0.15) is 38.7 Å². The van der Waals surface area contributed by atoms with Crippen molar-refractivity contribution in [2.24, 2.45) is 10.8 Å². The van der Waals surface area contributed by atoms with Crippen LogP contribution in [-0.4, -0.2) is 26.4 Å². The van der Waals surface area contributed by atoms with E-state index in [-0.39, 0.29) is 24.2 Å². The number of aromatic amines is 1. The lowest BCUT2D eigenvalue weighted by molar-refractivity contribution is 0.249. The number of unbranched alkanes of at least 4 members (excludes halogenated alkanes) is 1. The summed E-state index contributed by atoms with van der Waals surface area (Å²) in [4.78, 5) is 36.4. The lowest BCUT2D eigenvalue weighted by Gasteiger charge is -2.11. The average Bonchev–Trinajstić information content (AvgIpc) is 2.41. The van der Waals surface area contributed by atoms with Gasteiger partial charge in [-0.15, -0.1) is 0 Å². The summed E-state index contributed by atoms with van der Waals surface area (Å²) in [6.07, 6.45) is 1.73. The van der Waals surface area contributed by atoms with Crippen LogP contribution in [0.2, 0.25) is 0 Å². The normalized spacial score (nSPS) is 11.4. The van der Waals surface area contributed by atoms with Crippen LogP contribution in [-0.2, 0) is 6.54 Å². The third kappa shape index (κ3) is 3.94. The predicted octanol–water partition coefficient (Wildman–Crippen LogP) is -0.175. The average molecular weight is 297 g/mol. The van der Waals surface area contributed by atoms with E-state index < -0.39 is 23.2 Å². The number of carbonyl (C=O) groups is 1. The van der Waals surface area contributed by atoms with Crippen LogP contribution in [0.15, 0.2) is 14.7 Å². The number of nitrogens with one attached hydrogen (secondary N) is 2. The Morgan fingerprint density at radius 2 is 2.10 bits per heavy atom. The van der Waals surface area contributed by atoms with Crippen molar-refractivity contribution in [3.63, 3.8) is 0 Å². The Labute approximate surface area is 120 Å². The molecule has 0 fully saturated rings. The fraction of sp³-hybridized carbons (Fsp3) is 0.500. The maximum Gasteiger partial charge on any atom is 0.332 e. The number of rotatable bonds is 6. The van der Waals surface area contributed by atoms with Gasteiger partial charge in [0.25, 0.3) is 5.56 Å². The highest BCUT2D eigenvalue weighted by atomic mass is 16.3. The van der Waals surface area contributed by atoms with E-state index in [0.29, 0.717) is 6.42 Å². The molecule has 0 unspecified atom stereocenters. The summed E-state index contributed by atoms with van der Waals surface area (Å²) in [5.41, 5.74) is 5.43. The van der Waals surface area contributed by atoms with Gasteiger partial charge in [-0.1, -0.05) is 20.3 Å². The van der Waals surface area contributed by atoms with Crippen molar-refractivity contribution in [3.05, 3.63) is 26.4 Å². The van der Waals surface area contributed by atoms with Crippen molar-refractivity contribution < 1.29 is 9.90 Å². The van der Waals surface area contributed by atoms with Gasteiger partial charge in [0.2, 0.25) is 5.88 Å². The highest BCUT2D eigenvalue weighted by molar-refractivity contribution is 6.02. The standard InChI is InChI=1S/C12H19N5O4/c1-3-5-6-17-10(19)8(9(18)14-12(17)21)7(4-2)15-16-11(13)20/h19H,3-6H2,1-2H3,(H3,13,16,20)(H,14,18,21)/b15-7+. The first-order valence-corrected chi connectivity index (χ1v) is 6.60. The third-order valence-electron chi connectivity index (χ3n) is 2.83. The summed E-state index contributed by atoms with van der Waals surface area (Å²) in [6.45, 7) is 3.89. The number of hydrogen-bond donors (Lipinski definition) is 4. The number of aromatic hydroxyl groups is 1. The van der Waals surface area contributed by atoms with Gasteiger partial charge in [0.05, 0.1) is 5.71 Å². The number of primary amides is 1. The maximum absolute atomic E-state index is 11.9. The van der Waals surface area contributed by atoms with Gasteiger partial charge in [-0.3, -0.25) is 14.3 Å². The second-order valence-corrected chi connectivity index (χ2v) is 4.35. The van der Waals surface area contributed by atoms with Gasteiger partial charge in [-0.05, 0) is 12.8 Å². The molecule has 0 aliphatic rings. The van der Waals surface area contributed by atoms with Gasteiger partial charge < -0.3 is 10.8 Å². The molecule has 21 heavy (non-hydrogen) atoms. The van der Waals surface area contributed by atoms with Gasteiger partial charge in [-0.2, -0.15) is 5.10 Å². The number of carbonyl (C=O) groups excluding carboxylic acids is 1. The molecule has 1 aromatic heterocycles. The first kappa shape index (κ1) is 16.5. The molecule has 0 aliphatic carbocycles. The smallest absolute Gasteiger partial charge is 0.332 e. The number of hydrazone groups is 1. The van der Waals surface area contributed by atoms with Crippen molar-refractivity contribution in [2.75, 3.05) is 0 Å². The molecule has 0 aromatic carbocycles. The van der Waals surface area contributed by atoms with Crippen LogP contribution < -0.4 is 22.4 Å². The molecule has 0 bridgehead atoms. The van der Waals surface area contributed by atoms with Gasteiger partial charge >= 0.3 is 11.7 Å². The maximum atomic E-state index is 11.9. The Morgan fingerprint density at radius 1 is 1.43 bits per heavy atom.